The third kappa shape index (κ3) is 1.57. The number of oxime groups is 1. The summed E-state index contributed by atoms with van der Waals surface area (Å²) in [4.78, 5) is 5.40. The molecule has 3 heteroatoms. The largest absolute Gasteiger partial charge is 0.392 e. The van der Waals surface area contributed by atoms with Gasteiger partial charge in [-0.3, -0.25) is 0 Å². The number of ether oxygens (including phenoxy) is 1. The molecule has 0 aliphatic carbocycles. The minimum Gasteiger partial charge on any atom is -0.392 e. The van der Waals surface area contributed by atoms with Gasteiger partial charge in [0, 0.05) is 11.8 Å². The highest BCUT2D eigenvalue weighted by Gasteiger charge is 2.41. The zero-order valence-corrected chi connectivity index (χ0v) is 8.54. The molecule has 2 heterocycles. The Morgan fingerprint density at radius 2 is 2.15 bits per heavy atom. The Balaban J connectivity index is 2.14. The second kappa shape index (κ2) is 2.98. The maximum atomic E-state index is 5.45. The third-order valence-electron chi connectivity index (χ3n) is 2.70. The lowest BCUT2D eigenvalue weighted by Gasteiger charge is -2.28. The van der Waals surface area contributed by atoms with Gasteiger partial charge >= 0.3 is 0 Å². The molecule has 0 aromatic rings. The molecule has 74 valence electrons. The molecule has 2 atom stereocenters. The van der Waals surface area contributed by atoms with Crippen molar-refractivity contribution in [2.75, 3.05) is 13.2 Å². The predicted octanol–water partition coefficient (Wildman–Crippen LogP) is 1.82. The van der Waals surface area contributed by atoms with Gasteiger partial charge in [0.1, 0.15) is 6.10 Å². The maximum Gasteiger partial charge on any atom is 0.140 e. The van der Waals surface area contributed by atoms with Crippen molar-refractivity contribution in [3.05, 3.63) is 0 Å². The van der Waals surface area contributed by atoms with Crippen molar-refractivity contribution < 1.29 is 9.57 Å². The molecule has 0 saturated carbocycles. The van der Waals surface area contributed by atoms with E-state index in [1.165, 1.54) is 0 Å². The van der Waals surface area contributed by atoms with Gasteiger partial charge in [0.05, 0.1) is 24.8 Å². The van der Waals surface area contributed by atoms with Crippen LogP contribution in [-0.2, 0) is 9.57 Å². The molecule has 0 N–H and O–H groups in total. The van der Waals surface area contributed by atoms with E-state index in [-0.39, 0.29) is 11.5 Å². The normalized spacial score (nSPS) is 33.6. The Labute approximate surface area is 79.1 Å². The van der Waals surface area contributed by atoms with Crippen molar-refractivity contribution in [1.29, 1.82) is 0 Å². The second-order valence-corrected chi connectivity index (χ2v) is 4.84. The summed E-state index contributed by atoms with van der Waals surface area (Å²) in [7, 11) is 0. The van der Waals surface area contributed by atoms with Gasteiger partial charge < -0.3 is 9.57 Å². The van der Waals surface area contributed by atoms with E-state index < -0.39 is 0 Å². The first kappa shape index (κ1) is 9.00. The summed E-state index contributed by atoms with van der Waals surface area (Å²) in [6.07, 6.45) is 1.26. The van der Waals surface area contributed by atoms with Crippen molar-refractivity contribution in [2.24, 2.45) is 16.5 Å². The van der Waals surface area contributed by atoms with Crippen LogP contribution in [0.1, 0.15) is 27.2 Å². The molecule has 2 unspecified atom stereocenters. The summed E-state index contributed by atoms with van der Waals surface area (Å²) in [5.41, 5.74) is 1.28. The standard InChI is InChI=1S/C10H17NO2/c1-10(2,3)9-7-6-12-5-4-8(7)13-11-9/h7-8H,4-6H2,1-3H3. The van der Waals surface area contributed by atoms with E-state index in [0.717, 1.165) is 25.3 Å². The topological polar surface area (TPSA) is 30.8 Å². The summed E-state index contributed by atoms with van der Waals surface area (Å²) < 4.78 is 5.45. The lowest BCUT2D eigenvalue weighted by Crippen LogP contribution is -2.38. The smallest absolute Gasteiger partial charge is 0.140 e. The molecule has 2 aliphatic rings. The number of fused-ring (bicyclic) bond motifs is 1. The Morgan fingerprint density at radius 1 is 1.38 bits per heavy atom. The summed E-state index contributed by atoms with van der Waals surface area (Å²) in [5, 5.41) is 4.19. The van der Waals surface area contributed by atoms with Crippen molar-refractivity contribution in [3.63, 3.8) is 0 Å². The van der Waals surface area contributed by atoms with Crippen molar-refractivity contribution in [2.45, 2.75) is 33.3 Å². The average Bonchev–Trinajstić information content (AvgIpc) is 2.45. The van der Waals surface area contributed by atoms with E-state index in [9.17, 15) is 0 Å². The van der Waals surface area contributed by atoms with Crippen LogP contribution in [0.2, 0.25) is 0 Å². The van der Waals surface area contributed by atoms with Crippen LogP contribution >= 0.6 is 0 Å². The first-order chi connectivity index (χ1) is 6.09. The van der Waals surface area contributed by atoms with Crippen LogP contribution in [0.25, 0.3) is 0 Å². The van der Waals surface area contributed by atoms with Crippen LogP contribution in [0.4, 0.5) is 0 Å². The van der Waals surface area contributed by atoms with E-state index in [1.54, 1.807) is 0 Å². The first-order valence-corrected chi connectivity index (χ1v) is 4.91. The quantitative estimate of drug-likeness (QED) is 0.573. The molecule has 3 nitrogen and oxygen atoms in total. The zero-order valence-electron chi connectivity index (χ0n) is 8.54. The van der Waals surface area contributed by atoms with Crippen LogP contribution in [0.5, 0.6) is 0 Å². The Hall–Kier alpha value is -0.570. The highest BCUT2D eigenvalue weighted by atomic mass is 16.6. The van der Waals surface area contributed by atoms with E-state index >= 15 is 0 Å². The zero-order chi connectivity index (χ0) is 9.47. The van der Waals surface area contributed by atoms with Gasteiger partial charge in [-0.05, 0) is 0 Å². The van der Waals surface area contributed by atoms with Crippen molar-refractivity contribution >= 4 is 5.71 Å². The molecule has 1 fully saturated rings. The summed E-state index contributed by atoms with van der Waals surface area (Å²) in [6, 6.07) is 0. The molecule has 0 amide bonds. The van der Waals surface area contributed by atoms with Crippen LogP contribution in [0, 0.1) is 11.3 Å². The van der Waals surface area contributed by atoms with Gasteiger partial charge in [-0.2, -0.15) is 0 Å². The van der Waals surface area contributed by atoms with Gasteiger partial charge in [-0.25, -0.2) is 0 Å². The number of rotatable bonds is 0. The molecule has 2 rings (SSSR count). The van der Waals surface area contributed by atoms with Crippen molar-refractivity contribution in [1.82, 2.24) is 0 Å². The second-order valence-electron chi connectivity index (χ2n) is 4.84. The SMILES string of the molecule is CC(C)(C)C1=NOC2CCOCC12. The van der Waals surface area contributed by atoms with Crippen LogP contribution < -0.4 is 0 Å². The fourth-order valence-electron chi connectivity index (χ4n) is 1.98. The third-order valence-corrected chi connectivity index (χ3v) is 2.70. The molecular weight excluding hydrogens is 166 g/mol. The molecule has 0 radical (unpaired) electrons. The van der Waals surface area contributed by atoms with Gasteiger partial charge in [-0.1, -0.05) is 25.9 Å². The molecular formula is C10H17NO2. The monoisotopic (exact) mass is 183 g/mol. The lowest BCUT2D eigenvalue weighted by atomic mass is 9.79. The Bertz CT molecular complexity index is 230. The molecule has 0 aromatic carbocycles. The molecule has 0 aromatic heterocycles. The van der Waals surface area contributed by atoms with Gasteiger partial charge in [-0.15, -0.1) is 0 Å². The highest BCUT2D eigenvalue weighted by Crippen LogP contribution is 2.33. The maximum absolute atomic E-state index is 5.45. The van der Waals surface area contributed by atoms with Crippen LogP contribution in [0.3, 0.4) is 0 Å². The van der Waals surface area contributed by atoms with Gasteiger partial charge in [0.15, 0.2) is 0 Å². The fourth-order valence-corrected chi connectivity index (χ4v) is 1.98. The number of nitrogens with zero attached hydrogens (tertiary/aromatic N) is 1. The first-order valence-electron chi connectivity index (χ1n) is 4.91. The minimum absolute atomic E-state index is 0.111. The number of hydrogen-bond donors (Lipinski definition) is 0. The molecule has 1 saturated heterocycles. The lowest BCUT2D eigenvalue weighted by molar-refractivity contribution is -0.0319. The van der Waals surface area contributed by atoms with Crippen LogP contribution in [-0.4, -0.2) is 25.0 Å². The van der Waals surface area contributed by atoms with E-state index in [2.05, 4.69) is 25.9 Å². The average molecular weight is 183 g/mol. The summed E-state index contributed by atoms with van der Waals surface area (Å²) in [6.45, 7) is 8.11. The highest BCUT2D eigenvalue weighted by molar-refractivity contribution is 5.92. The summed E-state index contributed by atoms with van der Waals surface area (Å²) >= 11 is 0. The fraction of sp³-hybridized carbons (Fsp3) is 0.900. The number of hydrogen-bond acceptors (Lipinski definition) is 3. The Kier molecular flexibility index (Phi) is 2.06. The van der Waals surface area contributed by atoms with Gasteiger partial charge in [0.2, 0.25) is 0 Å². The van der Waals surface area contributed by atoms with Crippen LogP contribution in [0.15, 0.2) is 5.16 Å². The molecule has 2 aliphatic heterocycles. The van der Waals surface area contributed by atoms with E-state index in [4.69, 9.17) is 9.57 Å². The van der Waals surface area contributed by atoms with Crippen molar-refractivity contribution in [3.8, 4) is 0 Å². The molecule has 13 heavy (non-hydrogen) atoms. The summed E-state index contributed by atoms with van der Waals surface area (Å²) in [5.74, 6) is 0.397. The van der Waals surface area contributed by atoms with E-state index in [1.807, 2.05) is 0 Å². The van der Waals surface area contributed by atoms with Gasteiger partial charge in [0.25, 0.3) is 0 Å². The minimum atomic E-state index is 0.111. The van der Waals surface area contributed by atoms with E-state index in [0.29, 0.717) is 5.92 Å². The predicted molar refractivity (Wildman–Crippen MR) is 50.7 cm³/mol. The molecule has 0 bridgehead atoms. The molecule has 0 spiro atoms. The Morgan fingerprint density at radius 3 is 2.85 bits per heavy atom.